The van der Waals surface area contributed by atoms with Gasteiger partial charge in [-0.1, -0.05) is 42.3 Å². The van der Waals surface area contributed by atoms with Gasteiger partial charge in [-0.25, -0.2) is 0 Å². The smallest absolute Gasteiger partial charge is 0.304 e. The third-order valence-corrected chi connectivity index (χ3v) is 8.78. The van der Waals surface area contributed by atoms with E-state index in [2.05, 4.69) is 53.1 Å². The minimum atomic E-state index is -0.843. The topological polar surface area (TPSA) is 49.8 Å². The average molecular weight is 500 g/mol. The van der Waals surface area contributed by atoms with E-state index in [1.165, 1.54) is 35.4 Å². The lowest BCUT2D eigenvalue weighted by Crippen LogP contribution is -2.41. The molecule has 0 saturated carbocycles. The number of benzene rings is 2. The maximum absolute atomic E-state index is 11.1. The number of aliphatic carboxylic acids is 1. The van der Waals surface area contributed by atoms with Crippen molar-refractivity contribution >= 4 is 17.3 Å². The van der Waals surface area contributed by atoms with E-state index >= 15 is 0 Å². The van der Waals surface area contributed by atoms with E-state index < -0.39 is 5.97 Å². The van der Waals surface area contributed by atoms with E-state index in [1.54, 1.807) is 18.1 Å². The number of rotatable bonds is 8. The molecule has 5 heteroatoms. The summed E-state index contributed by atoms with van der Waals surface area (Å²) in [7, 11) is 0. The van der Waals surface area contributed by atoms with Crippen LogP contribution in [0.1, 0.15) is 65.0 Å². The zero-order valence-electron chi connectivity index (χ0n) is 20.8. The molecule has 4 nitrogen and oxygen atoms in total. The van der Waals surface area contributed by atoms with Crippen LogP contribution in [-0.4, -0.2) is 29.1 Å². The van der Waals surface area contributed by atoms with Gasteiger partial charge in [-0.15, -0.1) is 17.3 Å². The lowest BCUT2D eigenvalue weighted by molar-refractivity contribution is -0.137. The Hall–Kier alpha value is -3.07. The fourth-order valence-corrected chi connectivity index (χ4v) is 6.75. The molecule has 1 fully saturated rings. The van der Waals surface area contributed by atoms with Gasteiger partial charge >= 0.3 is 5.97 Å². The molecule has 1 saturated heterocycles. The van der Waals surface area contributed by atoms with Crippen molar-refractivity contribution in [1.29, 1.82) is 0 Å². The van der Waals surface area contributed by atoms with Crippen molar-refractivity contribution in [3.8, 4) is 17.6 Å². The van der Waals surface area contributed by atoms with Crippen molar-refractivity contribution in [3.63, 3.8) is 0 Å². The van der Waals surface area contributed by atoms with Crippen LogP contribution in [0.4, 0.5) is 0 Å². The molecule has 1 aliphatic heterocycles. The zero-order valence-corrected chi connectivity index (χ0v) is 21.7. The molecular weight excluding hydrogens is 466 g/mol. The van der Waals surface area contributed by atoms with Crippen LogP contribution in [-0.2, 0) is 29.8 Å². The standard InChI is InChI=1S/C31H33NO3S/c1-2-5-25(20-30(33)34)23-8-10-26(11-9-23)35-22-28-13-12-27(36-28)21-32-18-16-31(17-19-32)15-14-24-6-3-4-7-29(24)31/h3-4,6-13,25H,14-22H2,1H3,(H,33,34)/t25-/m0/s1. The highest BCUT2D eigenvalue weighted by atomic mass is 32.1. The highest BCUT2D eigenvalue weighted by Gasteiger charge is 2.40. The third kappa shape index (κ3) is 5.51. The Balaban J connectivity index is 1.12. The fourth-order valence-electron chi connectivity index (χ4n) is 5.78. The first-order chi connectivity index (χ1) is 17.5. The van der Waals surface area contributed by atoms with Gasteiger partial charge in [0, 0.05) is 16.3 Å². The summed E-state index contributed by atoms with van der Waals surface area (Å²) >= 11 is 1.83. The number of ether oxygens (including phenoxy) is 1. The maximum atomic E-state index is 11.1. The third-order valence-electron chi connectivity index (χ3n) is 7.73. The van der Waals surface area contributed by atoms with Crippen molar-refractivity contribution in [2.75, 3.05) is 13.1 Å². The predicted octanol–water partition coefficient (Wildman–Crippen LogP) is 6.39. The molecule has 0 unspecified atom stereocenters. The molecule has 186 valence electrons. The lowest BCUT2D eigenvalue weighted by atomic mass is 9.74. The van der Waals surface area contributed by atoms with Gasteiger partial charge < -0.3 is 9.84 Å². The van der Waals surface area contributed by atoms with Gasteiger partial charge in [0.1, 0.15) is 12.4 Å². The number of thiophene rings is 1. The first-order valence-electron chi connectivity index (χ1n) is 12.8. The molecule has 0 amide bonds. The Bertz CT molecular complexity index is 1260. The molecule has 0 radical (unpaired) electrons. The van der Waals surface area contributed by atoms with Crippen LogP contribution in [0.3, 0.4) is 0 Å². The first kappa shape index (κ1) is 24.6. The summed E-state index contributed by atoms with van der Waals surface area (Å²) in [6.45, 7) is 5.61. The molecule has 1 atom stereocenters. The summed E-state index contributed by atoms with van der Waals surface area (Å²) in [5.74, 6) is 5.47. The maximum Gasteiger partial charge on any atom is 0.304 e. The number of fused-ring (bicyclic) bond motifs is 2. The Morgan fingerprint density at radius 2 is 1.81 bits per heavy atom. The summed E-state index contributed by atoms with van der Waals surface area (Å²) in [4.78, 5) is 16.3. The Morgan fingerprint density at radius 3 is 2.56 bits per heavy atom. The van der Waals surface area contributed by atoms with Gasteiger partial charge in [-0.05, 0) is 92.1 Å². The van der Waals surface area contributed by atoms with Gasteiger partial charge in [0.15, 0.2) is 0 Å². The van der Waals surface area contributed by atoms with Gasteiger partial charge in [0.25, 0.3) is 0 Å². The normalized spacial score (nSPS) is 17.2. The quantitative estimate of drug-likeness (QED) is 0.365. The lowest BCUT2D eigenvalue weighted by Gasteiger charge is -2.40. The number of aryl methyl sites for hydroxylation is 1. The minimum Gasteiger partial charge on any atom is -0.488 e. The summed E-state index contributed by atoms with van der Waals surface area (Å²) in [6, 6.07) is 21.1. The monoisotopic (exact) mass is 499 g/mol. The minimum absolute atomic E-state index is 0.00428. The van der Waals surface area contributed by atoms with Crippen LogP contribution in [0.15, 0.2) is 60.7 Å². The molecule has 36 heavy (non-hydrogen) atoms. The largest absolute Gasteiger partial charge is 0.488 e. The second-order valence-corrected chi connectivity index (χ2v) is 11.2. The number of hydrogen-bond donors (Lipinski definition) is 1. The number of carboxylic acid groups (broad SMARTS) is 1. The van der Waals surface area contributed by atoms with E-state index in [-0.39, 0.29) is 12.3 Å². The Morgan fingerprint density at radius 1 is 1.06 bits per heavy atom. The van der Waals surface area contributed by atoms with E-state index in [1.807, 2.05) is 35.6 Å². The molecular formula is C31H33NO3S. The number of nitrogens with zero attached hydrogens (tertiary/aromatic N) is 1. The number of likely N-dealkylation sites (tertiary alicyclic amines) is 1. The molecule has 3 aromatic rings. The van der Waals surface area contributed by atoms with E-state index in [9.17, 15) is 4.79 Å². The number of hydrogen-bond acceptors (Lipinski definition) is 4. The average Bonchev–Trinajstić information content (AvgIpc) is 3.49. The van der Waals surface area contributed by atoms with Gasteiger partial charge in [0.2, 0.25) is 0 Å². The van der Waals surface area contributed by atoms with Crippen LogP contribution in [0, 0.1) is 11.8 Å². The summed E-state index contributed by atoms with van der Waals surface area (Å²) in [6.07, 6.45) is 5.08. The molecule has 1 N–H and O–H groups in total. The number of carbonyl (C=O) groups is 1. The van der Waals surface area contributed by atoms with Crippen LogP contribution >= 0.6 is 11.3 Å². The second kappa shape index (κ2) is 10.9. The van der Waals surface area contributed by atoms with Gasteiger partial charge in [0.05, 0.1) is 12.3 Å². The molecule has 1 spiro atoms. The summed E-state index contributed by atoms with van der Waals surface area (Å²) < 4.78 is 6.01. The van der Waals surface area contributed by atoms with Crippen molar-refractivity contribution in [2.24, 2.45) is 0 Å². The van der Waals surface area contributed by atoms with E-state index in [4.69, 9.17) is 9.84 Å². The summed E-state index contributed by atoms with van der Waals surface area (Å²) in [5, 5.41) is 9.13. The van der Waals surface area contributed by atoms with Crippen molar-refractivity contribution < 1.29 is 14.6 Å². The number of piperidine rings is 1. The molecule has 1 aromatic heterocycles. The first-order valence-corrected chi connectivity index (χ1v) is 13.6. The molecule has 1 aliphatic carbocycles. The molecule has 0 bridgehead atoms. The van der Waals surface area contributed by atoms with Crippen molar-refractivity contribution in [3.05, 3.63) is 87.1 Å². The highest BCUT2D eigenvalue weighted by Crippen LogP contribution is 2.46. The molecule has 2 aromatic carbocycles. The Labute approximate surface area is 217 Å². The van der Waals surface area contributed by atoms with Gasteiger partial charge in [-0.2, -0.15) is 0 Å². The van der Waals surface area contributed by atoms with E-state index in [0.29, 0.717) is 12.0 Å². The van der Waals surface area contributed by atoms with E-state index in [0.717, 1.165) is 30.9 Å². The summed E-state index contributed by atoms with van der Waals surface area (Å²) in [5.41, 5.74) is 4.50. The molecule has 2 aliphatic rings. The van der Waals surface area contributed by atoms with Crippen LogP contribution in [0.2, 0.25) is 0 Å². The second-order valence-electron chi connectivity index (χ2n) is 9.98. The highest BCUT2D eigenvalue weighted by molar-refractivity contribution is 7.11. The van der Waals surface area contributed by atoms with Crippen molar-refractivity contribution in [2.45, 2.75) is 63.5 Å². The number of carboxylic acids is 1. The predicted molar refractivity (Wildman–Crippen MR) is 144 cm³/mol. The van der Waals surface area contributed by atoms with Gasteiger partial charge in [-0.3, -0.25) is 9.69 Å². The van der Waals surface area contributed by atoms with Crippen LogP contribution in [0.25, 0.3) is 0 Å². The van der Waals surface area contributed by atoms with Crippen LogP contribution < -0.4 is 4.74 Å². The SMILES string of the molecule is CC#C[C@@H](CC(=O)O)c1ccc(OCc2ccc(CN3CCC4(CCc5ccccc54)CC3)s2)cc1. The Kier molecular flexibility index (Phi) is 7.46. The van der Waals surface area contributed by atoms with Crippen molar-refractivity contribution in [1.82, 2.24) is 4.90 Å². The molecule has 2 heterocycles. The fraction of sp³-hybridized carbons (Fsp3) is 0.387. The molecule has 5 rings (SSSR count). The zero-order chi connectivity index (χ0) is 25.0. The van der Waals surface area contributed by atoms with Crippen LogP contribution in [0.5, 0.6) is 5.75 Å².